The van der Waals surface area contributed by atoms with E-state index in [1.54, 1.807) is 0 Å². The first-order valence-electron chi connectivity index (χ1n) is 6.82. The Hall–Kier alpha value is -2.48. The van der Waals surface area contributed by atoms with Crippen molar-refractivity contribution in [3.8, 4) is 11.1 Å². The summed E-state index contributed by atoms with van der Waals surface area (Å²) in [6.45, 7) is 0. The molecule has 0 atom stereocenters. The maximum atomic E-state index is 11.7. The van der Waals surface area contributed by atoms with Gasteiger partial charge in [-0.1, -0.05) is 42.5 Å². The number of rotatable bonds is 1. The Labute approximate surface area is 117 Å². The Morgan fingerprint density at radius 3 is 2.75 bits per heavy atom. The number of hydrogen-bond donors (Lipinski definition) is 0. The Morgan fingerprint density at radius 2 is 1.80 bits per heavy atom. The Morgan fingerprint density at radius 1 is 0.900 bits per heavy atom. The second kappa shape index (κ2) is 4.27. The number of fused-ring (bicyclic) bond motifs is 2. The second-order valence-corrected chi connectivity index (χ2v) is 5.20. The molecule has 1 aliphatic carbocycles. The summed E-state index contributed by atoms with van der Waals surface area (Å²) in [4.78, 5) is 16.0. The van der Waals surface area contributed by atoms with E-state index in [1.807, 2.05) is 36.7 Å². The average Bonchev–Trinajstić information content (AvgIpc) is 2.87. The molecule has 1 aliphatic rings. The van der Waals surface area contributed by atoms with Crippen molar-refractivity contribution < 1.29 is 4.79 Å². The lowest BCUT2D eigenvalue weighted by Crippen LogP contribution is -1.91. The van der Waals surface area contributed by atoms with Gasteiger partial charge in [-0.3, -0.25) is 9.78 Å². The molecule has 2 aromatic carbocycles. The largest absolute Gasteiger partial charge is 0.294 e. The third-order valence-electron chi connectivity index (χ3n) is 4.01. The number of aryl methyl sites for hydroxylation is 1. The smallest absolute Gasteiger partial charge is 0.163 e. The van der Waals surface area contributed by atoms with Crippen LogP contribution in [0.4, 0.5) is 0 Å². The van der Waals surface area contributed by atoms with E-state index in [1.165, 1.54) is 10.9 Å². The van der Waals surface area contributed by atoms with Crippen molar-refractivity contribution in [1.29, 1.82) is 0 Å². The van der Waals surface area contributed by atoms with Gasteiger partial charge in [0, 0.05) is 35.3 Å². The highest BCUT2D eigenvalue weighted by Gasteiger charge is 2.19. The highest BCUT2D eigenvalue weighted by Crippen LogP contribution is 2.31. The molecule has 1 heterocycles. The number of benzene rings is 2. The summed E-state index contributed by atoms with van der Waals surface area (Å²) in [5, 5.41) is 2.34. The van der Waals surface area contributed by atoms with E-state index in [9.17, 15) is 4.79 Å². The van der Waals surface area contributed by atoms with Gasteiger partial charge in [-0.15, -0.1) is 0 Å². The lowest BCUT2D eigenvalue weighted by molar-refractivity contribution is 0.0994. The molecule has 0 radical (unpaired) electrons. The highest BCUT2D eigenvalue weighted by atomic mass is 16.1. The Bertz CT molecular complexity index is 830. The van der Waals surface area contributed by atoms with E-state index >= 15 is 0 Å². The number of aromatic nitrogens is 1. The number of pyridine rings is 1. The highest BCUT2D eigenvalue weighted by molar-refractivity contribution is 6.02. The number of nitrogens with zero attached hydrogens (tertiary/aromatic N) is 1. The van der Waals surface area contributed by atoms with E-state index in [4.69, 9.17) is 0 Å². The predicted molar refractivity (Wildman–Crippen MR) is 79.8 cm³/mol. The maximum Gasteiger partial charge on any atom is 0.163 e. The van der Waals surface area contributed by atoms with Crippen LogP contribution in [-0.2, 0) is 6.42 Å². The van der Waals surface area contributed by atoms with Crippen LogP contribution in [0.25, 0.3) is 21.9 Å². The normalized spacial score (nSPS) is 13.7. The van der Waals surface area contributed by atoms with Crippen LogP contribution in [-0.4, -0.2) is 10.8 Å². The Kier molecular flexibility index (Phi) is 2.43. The summed E-state index contributed by atoms with van der Waals surface area (Å²) >= 11 is 0. The maximum absolute atomic E-state index is 11.7. The number of hydrogen-bond acceptors (Lipinski definition) is 2. The zero-order valence-corrected chi connectivity index (χ0v) is 11.0. The quantitative estimate of drug-likeness (QED) is 0.660. The Balaban J connectivity index is 1.94. The number of carbonyl (C=O) groups is 1. The van der Waals surface area contributed by atoms with Gasteiger partial charge in [0.2, 0.25) is 0 Å². The molecule has 0 saturated heterocycles. The van der Waals surface area contributed by atoms with Crippen molar-refractivity contribution in [3.63, 3.8) is 0 Å². The zero-order valence-electron chi connectivity index (χ0n) is 11.0. The van der Waals surface area contributed by atoms with Crippen LogP contribution in [0.1, 0.15) is 22.3 Å². The van der Waals surface area contributed by atoms with Crippen LogP contribution < -0.4 is 0 Å². The minimum Gasteiger partial charge on any atom is -0.294 e. The fraction of sp³-hybridized carbons (Fsp3) is 0.111. The van der Waals surface area contributed by atoms with Crippen molar-refractivity contribution in [2.45, 2.75) is 12.8 Å². The van der Waals surface area contributed by atoms with Crippen LogP contribution in [0.2, 0.25) is 0 Å². The lowest BCUT2D eigenvalue weighted by atomic mass is 9.98. The van der Waals surface area contributed by atoms with E-state index in [0.29, 0.717) is 6.42 Å². The van der Waals surface area contributed by atoms with Gasteiger partial charge in [0.1, 0.15) is 0 Å². The number of ketones is 1. The summed E-state index contributed by atoms with van der Waals surface area (Å²) in [5.41, 5.74) is 4.33. The molecule has 3 aromatic rings. The zero-order chi connectivity index (χ0) is 13.5. The van der Waals surface area contributed by atoms with Crippen molar-refractivity contribution in [2.24, 2.45) is 0 Å². The van der Waals surface area contributed by atoms with Gasteiger partial charge in [0.05, 0.1) is 0 Å². The minimum atomic E-state index is 0.266. The van der Waals surface area contributed by atoms with Gasteiger partial charge in [-0.25, -0.2) is 0 Å². The molecule has 0 saturated carbocycles. The van der Waals surface area contributed by atoms with Crippen LogP contribution in [0.3, 0.4) is 0 Å². The van der Waals surface area contributed by atoms with Gasteiger partial charge in [0.15, 0.2) is 5.78 Å². The molecule has 96 valence electrons. The first-order chi connectivity index (χ1) is 9.83. The van der Waals surface area contributed by atoms with Crippen molar-refractivity contribution in [1.82, 2.24) is 4.98 Å². The molecule has 2 heteroatoms. The molecule has 0 aliphatic heterocycles. The van der Waals surface area contributed by atoms with Gasteiger partial charge in [-0.05, 0) is 22.9 Å². The third-order valence-corrected chi connectivity index (χ3v) is 4.01. The van der Waals surface area contributed by atoms with Crippen molar-refractivity contribution >= 4 is 16.6 Å². The summed E-state index contributed by atoms with van der Waals surface area (Å²) < 4.78 is 0. The van der Waals surface area contributed by atoms with E-state index < -0.39 is 0 Å². The van der Waals surface area contributed by atoms with E-state index in [-0.39, 0.29) is 5.78 Å². The molecule has 0 bridgehead atoms. The van der Waals surface area contributed by atoms with Crippen molar-refractivity contribution in [3.05, 3.63) is 66.0 Å². The molecule has 0 amide bonds. The molecule has 2 nitrogen and oxygen atoms in total. The van der Waals surface area contributed by atoms with Gasteiger partial charge < -0.3 is 0 Å². The number of Topliss-reactive ketones (excluding diaryl/α,β-unsaturated/α-hetero) is 1. The molecule has 0 N–H and O–H groups in total. The topological polar surface area (TPSA) is 30.0 Å². The number of carbonyl (C=O) groups excluding carboxylic acids is 1. The standard InChI is InChI=1S/C18H13NO/c20-18-8-6-12-9-13(5-7-16(12)18)17-11-19-10-14-3-1-2-4-15(14)17/h1-5,7,9-11H,6,8H2. The van der Waals surface area contributed by atoms with Crippen LogP contribution in [0.5, 0.6) is 0 Å². The summed E-state index contributed by atoms with van der Waals surface area (Å²) in [6.07, 6.45) is 5.29. The SMILES string of the molecule is O=C1CCc2cc(-c3cncc4ccccc34)ccc21. The average molecular weight is 259 g/mol. The predicted octanol–water partition coefficient (Wildman–Crippen LogP) is 4.03. The van der Waals surface area contributed by atoms with Crippen LogP contribution in [0.15, 0.2) is 54.9 Å². The first-order valence-corrected chi connectivity index (χ1v) is 6.82. The van der Waals surface area contributed by atoms with E-state index in [2.05, 4.69) is 23.2 Å². The van der Waals surface area contributed by atoms with Gasteiger partial charge in [0.25, 0.3) is 0 Å². The first kappa shape index (κ1) is 11.4. The summed E-state index contributed by atoms with van der Waals surface area (Å²) in [7, 11) is 0. The third kappa shape index (κ3) is 1.65. The molecular weight excluding hydrogens is 246 g/mol. The molecule has 0 fully saturated rings. The monoisotopic (exact) mass is 259 g/mol. The molecule has 4 rings (SSSR count). The summed E-state index contributed by atoms with van der Waals surface area (Å²) in [6, 6.07) is 14.4. The van der Waals surface area contributed by atoms with Crippen LogP contribution in [0, 0.1) is 0 Å². The lowest BCUT2D eigenvalue weighted by Gasteiger charge is -2.08. The molecule has 20 heavy (non-hydrogen) atoms. The van der Waals surface area contributed by atoms with Gasteiger partial charge >= 0.3 is 0 Å². The van der Waals surface area contributed by atoms with E-state index in [0.717, 1.165) is 28.5 Å². The molecule has 1 aromatic heterocycles. The molecule has 0 unspecified atom stereocenters. The van der Waals surface area contributed by atoms with Gasteiger partial charge in [-0.2, -0.15) is 0 Å². The minimum absolute atomic E-state index is 0.266. The van der Waals surface area contributed by atoms with Crippen LogP contribution >= 0.6 is 0 Å². The molecule has 0 spiro atoms. The fourth-order valence-corrected chi connectivity index (χ4v) is 2.97. The summed E-state index contributed by atoms with van der Waals surface area (Å²) in [5.74, 6) is 0.266. The second-order valence-electron chi connectivity index (χ2n) is 5.20. The molecular formula is C18H13NO. The van der Waals surface area contributed by atoms with Crippen molar-refractivity contribution in [2.75, 3.05) is 0 Å². The fourth-order valence-electron chi connectivity index (χ4n) is 2.97.